The van der Waals surface area contributed by atoms with E-state index in [9.17, 15) is 29.1 Å². The lowest BCUT2D eigenvalue weighted by molar-refractivity contribution is -0.149. The van der Waals surface area contributed by atoms with Crippen molar-refractivity contribution in [1.29, 1.82) is 0 Å². The van der Waals surface area contributed by atoms with Gasteiger partial charge in [-0.15, -0.1) is 0 Å². The molecule has 1 heterocycles. The second-order valence-electron chi connectivity index (χ2n) is 16.6. The molecule has 0 aliphatic carbocycles. The van der Waals surface area contributed by atoms with E-state index in [0.717, 1.165) is 11.1 Å². The number of carboxylic acid groups (broad SMARTS) is 1. The van der Waals surface area contributed by atoms with Crippen molar-refractivity contribution in [3.63, 3.8) is 0 Å². The lowest BCUT2D eigenvalue weighted by atomic mass is 10.0. The maximum absolute atomic E-state index is 13.4. The molecule has 1 saturated heterocycles. The minimum Gasteiger partial charge on any atom is -0.481 e. The molecule has 0 saturated carbocycles. The Bertz CT molecular complexity index is 1340. The minimum absolute atomic E-state index is 0.000823. The van der Waals surface area contributed by atoms with E-state index < -0.39 is 5.97 Å². The van der Waals surface area contributed by atoms with Crippen LogP contribution in [-0.4, -0.2) is 159 Å². The molecule has 0 amide bonds. The molecule has 1 aromatic rings. The Morgan fingerprint density at radius 2 is 0.911 bits per heavy atom. The van der Waals surface area contributed by atoms with Gasteiger partial charge in [0.15, 0.2) is 0 Å². The van der Waals surface area contributed by atoms with Gasteiger partial charge in [0.1, 0.15) is 0 Å². The Hall–Kier alpha value is -3.59. The maximum Gasteiger partial charge on any atom is 0.320 e. The van der Waals surface area contributed by atoms with Gasteiger partial charge in [0.25, 0.3) is 0 Å². The van der Waals surface area contributed by atoms with Crippen LogP contribution in [0.2, 0.25) is 0 Å². The van der Waals surface area contributed by atoms with E-state index in [1.165, 1.54) is 0 Å². The summed E-state index contributed by atoms with van der Waals surface area (Å²) in [6.45, 7) is 20.1. The Labute approximate surface area is 335 Å². The number of benzene rings is 1. The number of carboxylic acids is 1. The van der Waals surface area contributed by atoms with Crippen LogP contribution in [0.4, 0.5) is 0 Å². The third kappa shape index (κ3) is 22.2. The molecular formula is C42H70N4O10. The van der Waals surface area contributed by atoms with Crippen LogP contribution in [0.5, 0.6) is 0 Å². The van der Waals surface area contributed by atoms with Gasteiger partial charge in [0, 0.05) is 58.3 Å². The maximum atomic E-state index is 13.4. The van der Waals surface area contributed by atoms with Crippen LogP contribution >= 0.6 is 0 Å². The molecular weight excluding hydrogens is 720 g/mol. The van der Waals surface area contributed by atoms with Crippen molar-refractivity contribution in [2.24, 2.45) is 23.7 Å². The molecule has 1 aliphatic heterocycles. The second kappa shape index (κ2) is 26.4. The molecule has 56 heavy (non-hydrogen) atoms. The number of nitrogens with zero attached hydrogens (tertiary/aromatic N) is 4. The first-order valence-corrected chi connectivity index (χ1v) is 20.3. The highest BCUT2D eigenvalue weighted by Crippen LogP contribution is 2.16. The van der Waals surface area contributed by atoms with Gasteiger partial charge in [-0.05, 0) is 47.6 Å². The van der Waals surface area contributed by atoms with Crippen molar-refractivity contribution in [2.75, 3.05) is 98.4 Å². The first-order valence-electron chi connectivity index (χ1n) is 20.3. The Morgan fingerprint density at radius 1 is 0.554 bits per heavy atom. The highest BCUT2D eigenvalue weighted by Gasteiger charge is 2.29. The van der Waals surface area contributed by atoms with Crippen LogP contribution in [0.15, 0.2) is 24.3 Å². The third-order valence-corrected chi connectivity index (χ3v) is 8.98. The van der Waals surface area contributed by atoms with Gasteiger partial charge in [-0.2, -0.15) is 0 Å². The van der Waals surface area contributed by atoms with Crippen molar-refractivity contribution in [1.82, 2.24) is 19.6 Å². The molecule has 1 N–H and O–H groups in total. The van der Waals surface area contributed by atoms with Gasteiger partial charge < -0.3 is 24.1 Å². The molecule has 1 aromatic carbocycles. The van der Waals surface area contributed by atoms with Crippen LogP contribution in [0.1, 0.15) is 72.9 Å². The monoisotopic (exact) mass is 791 g/mol. The number of hydrogen-bond acceptors (Lipinski definition) is 13. The van der Waals surface area contributed by atoms with Crippen LogP contribution in [0, 0.1) is 23.7 Å². The predicted molar refractivity (Wildman–Crippen MR) is 214 cm³/mol. The molecule has 14 heteroatoms. The van der Waals surface area contributed by atoms with E-state index in [1.54, 1.807) is 0 Å². The smallest absolute Gasteiger partial charge is 0.320 e. The molecule has 1 aliphatic rings. The van der Waals surface area contributed by atoms with Crippen molar-refractivity contribution in [2.45, 2.75) is 80.7 Å². The van der Waals surface area contributed by atoms with Crippen LogP contribution in [0.25, 0.3) is 0 Å². The number of esters is 4. The minimum atomic E-state index is -0.859. The standard InChI is InChI=1S/C42H70N4O10/c1-31(2)27-53-39(49)23-43-15-16-44(24-40(50)54-28-32(3)4)19-20-46(26-42(52)56-30-34(7)8)37(21-36-11-9-35(10-12-36)13-14-38(47)48)22-45(18-17-43)25-41(51)55-29-33(5)6/h9-12,31-34,37H,13-30H2,1-8H3,(H,47,48)/t37-/m0/s1. The van der Waals surface area contributed by atoms with Crippen LogP contribution in [-0.2, 0) is 55.8 Å². The van der Waals surface area contributed by atoms with Gasteiger partial charge in [-0.1, -0.05) is 79.7 Å². The average molecular weight is 791 g/mol. The first-order chi connectivity index (χ1) is 26.5. The van der Waals surface area contributed by atoms with E-state index in [0.29, 0.717) is 78.5 Å². The molecule has 14 nitrogen and oxygen atoms in total. The fourth-order valence-corrected chi connectivity index (χ4v) is 5.91. The highest BCUT2D eigenvalue weighted by molar-refractivity contribution is 5.73. The molecule has 0 radical (unpaired) electrons. The topological polar surface area (TPSA) is 155 Å². The number of rotatable bonds is 21. The summed E-state index contributed by atoms with van der Waals surface area (Å²) in [6, 6.07) is 7.52. The molecule has 0 spiro atoms. The van der Waals surface area contributed by atoms with E-state index in [4.69, 9.17) is 18.9 Å². The van der Waals surface area contributed by atoms with Crippen molar-refractivity contribution in [3.05, 3.63) is 35.4 Å². The molecule has 2 rings (SSSR count). The van der Waals surface area contributed by atoms with Crippen molar-refractivity contribution < 1.29 is 48.0 Å². The summed E-state index contributed by atoms with van der Waals surface area (Å²) in [7, 11) is 0. The number of carbonyl (C=O) groups is 5. The van der Waals surface area contributed by atoms with E-state index >= 15 is 0 Å². The normalized spacial score (nSPS) is 17.1. The number of carbonyl (C=O) groups excluding carboxylic acids is 4. The molecule has 0 unspecified atom stereocenters. The third-order valence-electron chi connectivity index (χ3n) is 8.98. The van der Waals surface area contributed by atoms with Crippen molar-refractivity contribution in [3.8, 4) is 0 Å². The first kappa shape index (κ1) is 48.6. The van der Waals surface area contributed by atoms with Gasteiger partial charge in [-0.3, -0.25) is 43.6 Å². The fourth-order valence-electron chi connectivity index (χ4n) is 5.91. The van der Waals surface area contributed by atoms with Gasteiger partial charge >= 0.3 is 29.8 Å². The summed E-state index contributed by atoms with van der Waals surface area (Å²) in [6.07, 6.45) is 0.954. The summed E-state index contributed by atoms with van der Waals surface area (Å²) in [4.78, 5) is 71.9. The van der Waals surface area contributed by atoms with E-state index in [-0.39, 0.29) is 92.8 Å². The number of ether oxygens (including phenoxy) is 4. The van der Waals surface area contributed by atoms with Crippen LogP contribution < -0.4 is 0 Å². The summed E-state index contributed by atoms with van der Waals surface area (Å²) < 4.78 is 22.4. The number of aryl methyl sites for hydroxylation is 1. The zero-order valence-electron chi connectivity index (χ0n) is 35.3. The predicted octanol–water partition coefficient (Wildman–Crippen LogP) is 3.63. The lowest BCUT2D eigenvalue weighted by Gasteiger charge is -2.38. The van der Waals surface area contributed by atoms with E-state index in [1.807, 2.05) is 94.4 Å². The lowest BCUT2D eigenvalue weighted by Crippen LogP contribution is -2.53. The SMILES string of the molecule is CC(C)COC(=O)CN1CCN(CC(=O)OCC(C)C)CCN(CC(=O)OCC(C)C)[C@@H](Cc2ccc(CCC(=O)O)cc2)CN(CC(=O)OCC(C)C)CC1. The number of aliphatic carboxylic acids is 1. The number of hydrogen-bond donors (Lipinski definition) is 1. The zero-order chi connectivity index (χ0) is 41.6. The Morgan fingerprint density at radius 3 is 1.32 bits per heavy atom. The van der Waals surface area contributed by atoms with E-state index in [2.05, 4.69) is 4.90 Å². The average Bonchev–Trinajstić information content (AvgIpc) is 3.12. The summed E-state index contributed by atoms with van der Waals surface area (Å²) in [5.74, 6) is -1.57. The fraction of sp³-hybridized carbons (Fsp3) is 0.738. The zero-order valence-corrected chi connectivity index (χ0v) is 35.3. The quantitative estimate of drug-likeness (QED) is 0.142. The Balaban J connectivity index is 2.55. The molecule has 318 valence electrons. The van der Waals surface area contributed by atoms with Gasteiger partial charge in [-0.25, -0.2) is 0 Å². The largest absolute Gasteiger partial charge is 0.481 e. The van der Waals surface area contributed by atoms with Gasteiger partial charge in [0.05, 0.1) is 52.6 Å². The molecule has 1 fully saturated rings. The summed E-state index contributed by atoms with van der Waals surface area (Å²) in [5.41, 5.74) is 1.89. The van der Waals surface area contributed by atoms with Crippen LogP contribution in [0.3, 0.4) is 0 Å². The molecule has 0 bridgehead atoms. The van der Waals surface area contributed by atoms with Gasteiger partial charge in [0.2, 0.25) is 0 Å². The second-order valence-corrected chi connectivity index (χ2v) is 16.6. The summed E-state index contributed by atoms with van der Waals surface area (Å²) in [5, 5.41) is 9.18. The Kier molecular flexibility index (Phi) is 22.9. The molecule has 1 atom stereocenters. The van der Waals surface area contributed by atoms with Crippen molar-refractivity contribution >= 4 is 29.8 Å². The molecule has 0 aromatic heterocycles. The highest BCUT2D eigenvalue weighted by atomic mass is 16.5. The summed E-state index contributed by atoms with van der Waals surface area (Å²) >= 11 is 0.